The second kappa shape index (κ2) is 13.2. The molecule has 1 aliphatic rings. The van der Waals surface area contributed by atoms with Crippen LogP contribution in [-0.4, -0.2) is 48.4 Å². The normalized spacial score (nSPS) is 14.2. The van der Waals surface area contributed by atoms with Gasteiger partial charge in [0.1, 0.15) is 37.4 Å². The number of para-hydroxylation sites is 2. The topological polar surface area (TPSA) is 209 Å². The number of methoxy groups -OCH3 is 1. The predicted octanol–water partition coefficient (Wildman–Crippen LogP) is -2.03. The van der Waals surface area contributed by atoms with Crippen molar-refractivity contribution in [2.45, 2.75) is 11.3 Å². The number of aromatic hydroxyl groups is 3. The molecule has 0 unspecified atom stereocenters. The number of rotatable bonds is 6. The van der Waals surface area contributed by atoms with E-state index in [1.165, 1.54) is 55.7 Å². The molecule has 0 saturated heterocycles. The van der Waals surface area contributed by atoms with Crippen LogP contribution in [-0.2, 0) is 20.2 Å². The standard InChI is InChI=1S/C24H20N2O10S2.2Na/c1-36-19-8-4-5-13(23(19)28)9-14-10-16(37(30,31)32)11-15-12-20(38(33,34)35)22(24(29)21(14)15)26-25-17-6-2-3-7-18(17)27;;/h2-9,11-12,27-29H,10H2,1H3,(H,30,31,32)(H,33,34,35);;/q;2*+1/p-2. The van der Waals surface area contributed by atoms with Crippen LogP contribution in [0.3, 0.4) is 0 Å². The van der Waals surface area contributed by atoms with E-state index in [4.69, 9.17) is 4.74 Å². The fraction of sp³-hybridized carbons (Fsp3) is 0.0833. The van der Waals surface area contributed by atoms with Gasteiger partial charge in [-0.1, -0.05) is 24.3 Å². The Kier molecular flexibility index (Phi) is 11.2. The van der Waals surface area contributed by atoms with E-state index in [1.807, 2.05) is 0 Å². The predicted molar refractivity (Wildman–Crippen MR) is 133 cm³/mol. The van der Waals surface area contributed by atoms with E-state index >= 15 is 0 Å². The van der Waals surface area contributed by atoms with Crippen molar-refractivity contribution in [1.82, 2.24) is 0 Å². The molecule has 16 heteroatoms. The molecule has 0 atom stereocenters. The number of phenols is 3. The molecule has 198 valence electrons. The number of phenolic OH excluding ortho intramolecular Hbond substituents is 3. The van der Waals surface area contributed by atoms with Crippen LogP contribution < -0.4 is 63.9 Å². The zero-order valence-electron chi connectivity index (χ0n) is 21.4. The molecule has 40 heavy (non-hydrogen) atoms. The summed E-state index contributed by atoms with van der Waals surface area (Å²) in [7, 11) is -9.03. The molecular weight excluding hydrogens is 586 g/mol. The smallest absolute Gasteiger partial charge is 0.744 e. The molecule has 3 aromatic carbocycles. The van der Waals surface area contributed by atoms with Gasteiger partial charge < -0.3 is 29.2 Å². The van der Waals surface area contributed by atoms with Gasteiger partial charge in [0.2, 0.25) is 0 Å². The number of hydrogen-bond donors (Lipinski definition) is 3. The number of ether oxygens (including phenoxy) is 1. The summed E-state index contributed by atoms with van der Waals surface area (Å²) < 4.78 is 76.8. The molecule has 0 amide bonds. The monoisotopic (exact) mass is 604 g/mol. The Morgan fingerprint density at radius 1 is 0.900 bits per heavy atom. The minimum Gasteiger partial charge on any atom is -0.744 e. The molecule has 0 saturated carbocycles. The van der Waals surface area contributed by atoms with Crippen LogP contribution in [0.15, 0.2) is 68.6 Å². The molecule has 3 N–H and O–H groups in total. The Balaban J connectivity index is 0.00000280. The average Bonchev–Trinajstić information content (AvgIpc) is 2.84. The van der Waals surface area contributed by atoms with Crippen molar-refractivity contribution in [1.29, 1.82) is 0 Å². The summed E-state index contributed by atoms with van der Waals surface area (Å²) in [5.74, 6) is -1.43. The van der Waals surface area contributed by atoms with Crippen LogP contribution in [0.1, 0.15) is 23.1 Å². The zero-order chi connectivity index (χ0) is 27.8. The Hall–Kier alpha value is -2.24. The molecule has 1 aliphatic carbocycles. The summed E-state index contributed by atoms with van der Waals surface area (Å²) in [5, 5.41) is 39.0. The van der Waals surface area contributed by atoms with Crippen molar-refractivity contribution < 1.29 is 105 Å². The number of hydrogen-bond acceptors (Lipinski definition) is 12. The summed E-state index contributed by atoms with van der Waals surface area (Å²) >= 11 is 0. The molecule has 0 spiro atoms. The molecule has 4 rings (SSSR count). The van der Waals surface area contributed by atoms with E-state index in [0.29, 0.717) is 0 Å². The van der Waals surface area contributed by atoms with Gasteiger partial charge in [-0.2, -0.15) is 0 Å². The Morgan fingerprint density at radius 2 is 1.57 bits per heavy atom. The summed E-state index contributed by atoms with van der Waals surface area (Å²) in [6.07, 6.45) is 1.57. The largest absolute Gasteiger partial charge is 1.00 e. The maximum Gasteiger partial charge on any atom is 1.00 e. The second-order valence-electron chi connectivity index (χ2n) is 7.99. The molecule has 12 nitrogen and oxygen atoms in total. The summed E-state index contributed by atoms with van der Waals surface area (Å²) in [4.78, 5) is -1.71. The molecule has 0 heterocycles. The first-order chi connectivity index (χ1) is 17.8. The molecular formula is C24H18N2Na2O10S2. The fourth-order valence-electron chi connectivity index (χ4n) is 3.84. The maximum absolute atomic E-state index is 12.1. The molecule has 0 aliphatic heterocycles. The molecule has 3 aromatic rings. The van der Waals surface area contributed by atoms with E-state index < -0.39 is 47.9 Å². The van der Waals surface area contributed by atoms with Crippen LogP contribution in [0.4, 0.5) is 11.4 Å². The third kappa shape index (κ3) is 7.15. The van der Waals surface area contributed by atoms with Crippen molar-refractivity contribution in [2.24, 2.45) is 10.2 Å². The summed E-state index contributed by atoms with van der Waals surface area (Å²) in [6, 6.07) is 10.8. The third-order valence-electron chi connectivity index (χ3n) is 5.58. The minimum absolute atomic E-state index is 0. The first-order valence-corrected chi connectivity index (χ1v) is 13.4. The van der Waals surface area contributed by atoms with Crippen molar-refractivity contribution in [3.63, 3.8) is 0 Å². The van der Waals surface area contributed by atoms with Crippen LogP contribution in [0.25, 0.3) is 17.7 Å². The van der Waals surface area contributed by atoms with E-state index in [-0.39, 0.29) is 104 Å². The van der Waals surface area contributed by atoms with Gasteiger partial charge in [0.15, 0.2) is 17.2 Å². The number of nitrogens with zero attached hydrogens (tertiary/aromatic N) is 2. The van der Waals surface area contributed by atoms with Crippen molar-refractivity contribution in [2.75, 3.05) is 7.11 Å². The third-order valence-corrected chi connectivity index (χ3v) is 7.34. The van der Waals surface area contributed by atoms with Gasteiger partial charge in [0, 0.05) is 22.5 Å². The molecule has 0 fully saturated rings. The summed E-state index contributed by atoms with van der Waals surface area (Å²) in [5.41, 5.74) is -1.20. The zero-order valence-corrected chi connectivity index (χ0v) is 27.0. The maximum atomic E-state index is 12.1. The molecule has 0 bridgehead atoms. The number of azo groups is 1. The van der Waals surface area contributed by atoms with Gasteiger partial charge >= 0.3 is 59.1 Å². The number of fused-ring (bicyclic) bond motifs is 1. The Labute approximate surface area is 273 Å². The van der Waals surface area contributed by atoms with E-state index in [0.717, 1.165) is 12.1 Å². The van der Waals surface area contributed by atoms with Gasteiger partial charge in [0.25, 0.3) is 0 Å². The fourth-order valence-corrected chi connectivity index (χ4v) is 5.09. The Morgan fingerprint density at radius 3 is 2.17 bits per heavy atom. The van der Waals surface area contributed by atoms with Crippen LogP contribution in [0.2, 0.25) is 0 Å². The van der Waals surface area contributed by atoms with E-state index in [9.17, 15) is 41.3 Å². The first-order valence-electron chi connectivity index (χ1n) is 10.6. The SMILES string of the molecule is COc1cccc(C=C2CC(S(=O)(=O)[O-])=Cc3cc(S(=O)(=O)[O-])c(N=Nc4ccccc4O)c(O)c32)c1O.[Na+].[Na+]. The van der Waals surface area contributed by atoms with Crippen LogP contribution >= 0.6 is 0 Å². The van der Waals surface area contributed by atoms with Gasteiger partial charge in [-0.3, -0.25) is 0 Å². The van der Waals surface area contributed by atoms with Crippen molar-refractivity contribution >= 4 is 49.3 Å². The number of benzene rings is 3. The minimum atomic E-state index is -5.31. The second-order valence-corrected chi connectivity index (χ2v) is 10.8. The van der Waals surface area contributed by atoms with Crippen LogP contribution in [0.5, 0.6) is 23.0 Å². The van der Waals surface area contributed by atoms with Gasteiger partial charge in [0.05, 0.1) is 12.0 Å². The van der Waals surface area contributed by atoms with Crippen LogP contribution in [0, 0.1) is 0 Å². The molecule has 0 aromatic heterocycles. The van der Waals surface area contributed by atoms with Crippen molar-refractivity contribution in [3.8, 4) is 23.0 Å². The summed E-state index contributed by atoms with van der Waals surface area (Å²) in [6.45, 7) is 0. The molecule has 0 radical (unpaired) electrons. The Bertz CT molecular complexity index is 1770. The van der Waals surface area contributed by atoms with Gasteiger partial charge in [-0.25, -0.2) is 16.8 Å². The van der Waals surface area contributed by atoms with Crippen molar-refractivity contribution in [3.05, 3.63) is 70.1 Å². The van der Waals surface area contributed by atoms with Gasteiger partial charge in [-0.15, -0.1) is 10.2 Å². The van der Waals surface area contributed by atoms with Gasteiger partial charge in [-0.05, 0) is 47.6 Å². The number of allylic oxidation sites excluding steroid dienone is 2. The van der Waals surface area contributed by atoms with E-state index in [2.05, 4.69) is 10.2 Å². The average molecular weight is 605 g/mol. The first kappa shape index (κ1) is 34.0. The quantitative estimate of drug-likeness (QED) is 0.160. The van der Waals surface area contributed by atoms with E-state index in [1.54, 1.807) is 0 Å².